The Morgan fingerprint density at radius 1 is 1.29 bits per heavy atom. The molecule has 1 aromatic rings. The molecular weight excluding hydrogens is 438 g/mol. The molecule has 0 aliphatic carbocycles. The van der Waals surface area contributed by atoms with Crippen LogP contribution in [0.3, 0.4) is 0 Å². The number of hydrogen-bond acceptors (Lipinski definition) is 7. The minimum Gasteiger partial charge on any atom is -0.475 e. The summed E-state index contributed by atoms with van der Waals surface area (Å²) in [7, 11) is 1.49. The van der Waals surface area contributed by atoms with Crippen LogP contribution in [0.15, 0.2) is 18.3 Å². The third-order valence-corrected chi connectivity index (χ3v) is 6.83. The lowest BCUT2D eigenvalue weighted by Crippen LogP contribution is -2.61. The maximum atomic E-state index is 13.8. The average molecular weight is 474 g/mol. The van der Waals surface area contributed by atoms with Crippen molar-refractivity contribution in [2.45, 2.75) is 44.8 Å². The molecule has 2 fully saturated rings. The van der Waals surface area contributed by atoms with Crippen molar-refractivity contribution in [1.82, 2.24) is 25.0 Å². The van der Waals surface area contributed by atoms with Crippen molar-refractivity contribution < 1.29 is 23.9 Å². The number of amides is 3. The van der Waals surface area contributed by atoms with Gasteiger partial charge in [-0.2, -0.15) is 0 Å². The van der Waals surface area contributed by atoms with Crippen molar-refractivity contribution in [3.63, 3.8) is 0 Å². The molecule has 0 radical (unpaired) electrons. The van der Waals surface area contributed by atoms with E-state index in [0.717, 1.165) is 13.0 Å². The highest BCUT2D eigenvalue weighted by Gasteiger charge is 2.43. The molecule has 34 heavy (non-hydrogen) atoms. The highest BCUT2D eigenvalue weighted by molar-refractivity contribution is 5.96. The molecule has 10 nitrogen and oxygen atoms in total. The number of carbonyl (C=O) groups is 3. The predicted octanol–water partition coefficient (Wildman–Crippen LogP) is 0.379. The molecule has 0 spiro atoms. The normalized spacial score (nSPS) is 25.7. The number of ether oxygens (including phenoxy) is 2. The Balaban J connectivity index is 1.63. The topological polar surface area (TPSA) is 104 Å². The van der Waals surface area contributed by atoms with Gasteiger partial charge in [-0.1, -0.05) is 13.8 Å². The van der Waals surface area contributed by atoms with E-state index in [9.17, 15) is 14.4 Å². The SMILES string of the molecule is COCC(=O)N1CCN2C(=O)[C@@H]3C[C@@H](CN3CCC(C)C)NC(=O)c3cccnc3OC[C@@H]2C1. The molecule has 1 N–H and O–H groups in total. The molecule has 186 valence electrons. The second-order valence-electron chi connectivity index (χ2n) is 9.72. The van der Waals surface area contributed by atoms with E-state index in [1.165, 1.54) is 7.11 Å². The van der Waals surface area contributed by atoms with E-state index >= 15 is 0 Å². The third-order valence-electron chi connectivity index (χ3n) is 6.83. The van der Waals surface area contributed by atoms with Crippen molar-refractivity contribution in [3.05, 3.63) is 23.9 Å². The Kier molecular flexibility index (Phi) is 7.67. The lowest BCUT2D eigenvalue weighted by atomic mass is 10.1. The Morgan fingerprint density at radius 3 is 2.88 bits per heavy atom. The molecule has 0 aromatic carbocycles. The Hall–Kier alpha value is -2.72. The fourth-order valence-corrected chi connectivity index (χ4v) is 4.97. The number of hydrogen-bond donors (Lipinski definition) is 1. The number of piperazine rings is 1. The van der Waals surface area contributed by atoms with Gasteiger partial charge in [-0.05, 0) is 37.4 Å². The Bertz CT molecular complexity index is 909. The van der Waals surface area contributed by atoms with Crippen LogP contribution in [0.4, 0.5) is 0 Å². The van der Waals surface area contributed by atoms with E-state index in [1.54, 1.807) is 23.2 Å². The number of nitrogens with zero attached hydrogens (tertiary/aromatic N) is 4. The summed E-state index contributed by atoms with van der Waals surface area (Å²) in [6, 6.07) is 2.63. The fourth-order valence-electron chi connectivity index (χ4n) is 4.97. The maximum Gasteiger partial charge on any atom is 0.257 e. The van der Waals surface area contributed by atoms with E-state index in [4.69, 9.17) is 9.47 Å². The summed E-state index contributed by atoms with van der Waals surface area (Å²) in [6.45, 7) is 7.14. The molecule has 3 aliphatic rings. The van der Waals surface area contributed by atoms with Gasteiger partial charge in [-0.3, -0.25) is 19.3 Å². The van der Waals surface area contributed by atoms with Gasteiger partial charge >= 0.3 is 0 Å². The first kappa shape index (κ1) is 24.4. The van der Waals surface area contributed by atoms with Crippen LogP contribution in [-0.4, -0.2) is 109 Å². The largest absolute Gasteiger partial charge is 0.475 e. The summed E-state index contributed by atoms with van der Waals surface area (Å²) in [5, 5.41) is 3.09. The standard InChI is InChI=1S/C24H35N5O5/c1-16(2)6-8-27-12-17-11-20(27)24(32)29-10-9-28(21(30)15-33-3)13-18(29)14-34-23-19(22(31)26-17)5-4-7-25-23/h4-5,7,16-18,20H,6,8-15H2,1-3H3,(H,26,31)/t17-,18-,20-/m0/s1. The molecule has 3 amide bonds. The zero-order valence-corrected chi connectivity index (χ0v) is 20.2. The van der Waals surface area contributed by atoms with E-state index in [2.05, 4.69) is 29.0 Å². The summed E-state index contributed by atoms with van der Waals surface area (Å²) < 4.78 is 11.0. The summed E-state index contributed by atoms with van der Waals surface area (Å²) in [6.07, 6.45) is 3.12. The molecule has 2 saturated heterocycles. The van der Waals surface area contributed by atoms with Crippen molar-refractivity contribution in [3.8, 4) is 5.88 Å². The Morgan fingerprint density at radius 2 is 2.12 bits per heavy atom. The van der Waals surface area contributed by atoms with Crippen LogP contribution in [-0.2, 0) is 14.3 Å². The third kappa shape index (κ3) is 5.33. The van der Waals surface area contributed by atoms with Crippen LogP contribution in [0.1, 0.15) is 37.0 Å². The smallest absolute Gasteiger partial charge is 0.257 e. The van der Waals surface area contributed by atoms with Gasteiger partial charge in [-0.25, -0.2) is 4.98 Å². The van der Waals surface area contributed by atoms with Gasteiger partial charge in [0.1, 0.15) is 18.8 Å². The lowest BCUT2D eigenvalue weighted by molar-refractivity contribution is -0.148. The highest BCUT2D eigenvalue weighted by atomic mass is 16.5. The molecule has 0 unspecified atom stereocenters. The molecular formula is C24H35N5O5. The molecule has 2 bridgehead atoms. The molecule has 3 atom stereocenters. The molecule has 0 saturated carbocycles. The van der Waals surface area contributed by atoms with Gasteiger partial charge in [-0.15, -0.1) is 0 Å². The number of pyridine rings is 1. The van der Waals surface area contributed by atoms with Crippen molar-refractivity contribution in [1.29, 1.82) is 0 Å². The van der Waals surface area contributed by atoms with Gasteiger partial charge in [0, 0.05) is 45.5 Å². The highest BCUT2D eigenvalue weighted by Crippen LogP contribution is 2.26. The first-order valence-corrected chi connectivity index (χ1v) is 12.1. The van der Waals surface area contributed by atoms with Crippen LogP contribution < -0.4 is 10.1 Å². The van der Waals surface area contributed by atoms with Crippen molar-refractivity contribution in [2.75, 3.05) is 53.0 Å². The van der Waals surface area contributed by atoms with Crippen LogP contribution in [0, 0.1) is 5.92 Å². The van der Waals surface area contributed by atoms with Crippen LogP contribution >= 0.6 is 0 Å². The zero-order chi connectivity index (χ0) is 24.2. The van der Waals surface area contributed by atoms with Crippen molar-refractivity contribution >= 4 is 17.7 Å². The van der Waals surface area contributed by atoms with E-state index in [-0.39, 0.29) is 54.9 Å². The fraction of sp³-hybridized carbons (Fsp3) is 0.667. The molecule has 10 heteroatoms. The summed E-state index contributed by atoms with van der Waals surface area (Å²) in [4.78, 5) is 49.4. The maximum absolute atomic E-state index is 13.8. The quantitative estimate of drug-likeness (QED) is 0.659. The lowest BCUT2D eigenvalue weighted by Gasteiger charge is -2.43. The summed E-state index contributed by atoms with van der Waals surface area (Å²) >= 11 is 0. The predicted molar refractivity (Wildman–Crippen MR) is 124 cm³/mol. The number of rotatable bonds is 5. The zero-order valence-electron chi connectivity index (χ0n) is 20.2. The first-order chi connectivity index (χ1) is 16.4. The van der Waals surface area contributed by atoms with Gasteiger partial charge < -0.3 is 24.6 Å². The molecule has 1 aromatic heterocycles. The summed E-state index contributed by atoms with van der Waals surface area (Å²) in [5.41, 5.74) is 0.376. The van der Waals surface area contributed by atoms with Crippen LogP contribution in [0.2, 0.25) is 0 Å². The molecule has 4 heterocycles. The Labute approximate surface area is 200 Å². The molecule has 3 aliphatic heterocycles. The first-order valence-electron chi connectivity index (χ1n) is 12.1. The van der Waals surface area contributed by atoms with Crippen LogP contribution in [0.5, 0.6) is 5.88 Å². The number of aromatic nitrogens is 1. The van der Waals surface area contributed by atoms with E-state index in [1.807, 2.05) is 4.90 Å². The number of fused-ring (bicyclic) bond motifs is 4. The second kappa shape index (κ2) is 10.7. The van der Waals surface area contributed by atoms with Gasteiger partial charge in [0.05, 0.1) is 12.1 Å². The number of nitrogens with one attached hydrogen (secondary N) is 1. The minimum atomic E-state index is -0.342. The number of likely N-dealkylation sites (tertiary alicyclic amines) is 1. The monoisotopic (exact) mass is 473 g/mol. The number of carbonyl (C=O) groups excluding carboxylic acids is 3. The van der Waals surface area contributed by atoms with Crippen molar-refractivity contribution in [2.24, 2.45) is 5.92 Å². The van der Waals surface area contributed by atoms with Gasteiger partial charge in [0.15, 0.2) is 0 Å². The summed E-state index contributed by atoms with van der Waals surface area (Å²) in [5.74, 6) is 0.427. The average Bonchev–Trinajstić information content (AvgIpc) is 3.23. The van der Waals surface area contributed by atoms with Gasteiger partial charge in [0.2, 0.25) is 17.7 Å². The van der Waals surface area contributed by atoms with E-state index in [0.29, 0.717) is 44.1 Å². The molecule has 4 rings (SSSR count). The second-order valence-corrected chi connectivity index (χ2v) is 9.72. The van der Waals surface area contributed by atoms with Crippen LogP contribution in [0.25, 0.3) is 0 Å². The van der Waals surface area contributed by atoms with E-state index < -0.39 is 0 Å². The number of methoxy groups -OCH3 is 1. The minimum absolute atomic E-state index is 0.000626. The van der Waals surface area contributed by atoms with Gasteiger partial charge in [0.25, 0.3) is 5.91 Å².